The summed E-state index contributed by atoms with van der Waals surface area (Å²) >= 11 is 0. The van der Waals surface area contributed by atoms with Crippen molar-refractivity contribution in [3.8, 4) is 0 Å². The molecule has 0 saturated carbocycles. The fourth-order valence-corrected chi connectivity index (χ4v) is 1.39. The summed E-state index contributed by atoms with van der Waals surface area (Å²) in [6.07, 6.45) is 0. The van der Waals surface area contributed by atoms with E-state index in [4.69, 9.17) is 5.73 Å². The van der Waals surface area contributed by atoms with Gasteiger partial charge in [0.15, 0.2) is 6.61 Å². The van der Waals surface area contributed by atoms with Crippen LogP contribution in [-0.2, 0) is 19.1 Å². The lowest BCUT2D eigenvalue weighted by atomic mass is 10.0. The first-order valence-electron chi connectivity index (χ1n) is 4.95. The predicted molar refractivity (Wildman–Crippen MR) is 57.2 cm³/mol. The number of amides is 2. The topological polar surface area (TPSA) is 89.7 Å². The number of primary amides is 1. The molecule has 0 unspecified atom stereocenters. The van der Waals surface area contributed by atoms with Crippen LogP contribution < -0.4 is 5.73 Å². The van der Waals surface area contributed by atoms with Gasteiger partial charge in [-0.15, -0.1) is 0 Å². The van der Waals surface area contributed by atoms with E-state index in [1.807, 2.05) is 0 Å². The van der Waals surface area contributed by atoms with Gasteiger partial charge in [-0.1, -0.05) is 13.8 Å². The van der Waals surface area contributed by atoms with Crippen LogP contribution in [0.3, 0.4) is 0 Å². The summed E-state index contributed by atoms with van der Waals surface area (Å²) in [5, 5.41) is 0. The summed E-state index contributed by atoms with van der Waals surface area (Å²) in [5.74, 6) is -1.66. The fourth-order valence-electron chi connectivity index (χ4n) is 1.39. The molecule has 0 bridgehead atoms. The van der Waals surface area contributed by atoms with Crippen LogP contribution in [0.2, 0.25) is 0 Å². The molecule has 0 aliphatic heterocycles. The van der Waals surface area contributed by atoms with Gasteiger partial charge in [0, 0.05) is 14.0 Å². The Kier molecular flexibility index (Phi) is 5.49. The van der Waals surface area contributed by atoms with Gasteiger partial charge in [0.25, 0.3) is 5.91 Å². The van der Waals surface area contributed by atoms with Gasteiger partial charge in [0.05, 0.1) is 0 Å². The average molecular weight is 230 g/mol. The molecule has 0 aliphatic carbocycles. The van der Waals surface area contributed by atoms with Crippen molar-refractivity contribution >= 4 is 17.8 Å². The monoisotopic (exact) mass is 230 g/mol. The molecule has 0 aromatic heterocycles. The third-order valence-corrected chi connectivity index (χ3v) is 2.13. The van der Waals surface area contributed by atoms with Crippen molar-refractivity contribution in [3.05, 3.63) is 0 Å². The molecule has 0 rings (SSSR count). The number of carbonyl (C=O) groups excluding carboxylic acids is 3. The first-order chi connectivity index (χ1) is 7.27. The van der Waals surface area contributed by atoms with Crippen molar-refractivity contribution < 1.29 is 19.1 Å². The standard InChI is InChI=1S/C10H18N2O4/c1-6(2)9(10(11)15)12(4)8(14)5-16-7(3)13/h6,9H,5H2,1-4H3,(H2,11,15)/t9-/m0/s1. The largest absolute Gasteiger partial charge is 0.456 e. The van der Waals surface area contributed by atoms with Crippen LogP contribution in [0.4, 0.5) is 0 Å². The van der Waals surface area contributed by atoms with E-state index in [1.54, 1.807) is 13.8 Å². The van der Waals surface area contributed by atoms with Crippen molar-refractivity contribution in [3.63, 3.8) is 0 Å². The summed E-state index contributed by atoms with van der Waals surface area (Å²) in [6.45, 7) is 4.40. The highest BCUT2D eigenvalue weighted by molar-refractivity contribution is 5.87. The molecule has 6 heteroatoms. The number of ether oxygens (including phenoxy) is 1. The Hall–Kier alpha value is -1.59. The lowest BCUT2D eigenvalue weighted by Gasteiger charge is -2.28. The summed E-state index contributed by atoms with van der Waals surface area (Å²) in [4.78, 5) is 34.4. The molecule has 0 aromatic carbocycles. The van der Waals surface area contributed by atoms with E-state index in [2.05, 4.69) is 4.74 Å². The third-order valence-electron chi connectivity index (χ3n) is 2.13. The molecule has 0 spiro atoms. The van der Waals surface area contributed by atoms with E-state index in [0.29, 0.717) is 0 Å². The molecule has 0 fully saturated rings. The van der Waals surface area contributed by atoms with E-state index in [9.17, 15) is 14.4 Å². The zero-order chi connectivity index (χ0) is 12.9. The lowest BCUT2D eigenvalue weighted by molar-refractivity contribution is -0.152. The Labute approximate surface area is 94.7 Å². The maximum atomic E-state index is 11.5. The number of carbonyl (C=O) groups is 3. The van der Waals surface area contributed by atoms with Crippen LogP contribution in [0.1, 0.15) is 20.8 Å². The van der Waals surface area contributed by atoms with Gasteiger partial charge in [0.1, 0.15) is 6.04 Å². The normalized spacial score (nSPS) is 12.1. The number of rotatable bonds is 5. The highest BCUT2D eigenvalue weighted by Gasteiger charge is 2.28. The number of likely N-dealkylation sites (N-methyl/N-ethyl adjacent to an activating group) is 1. The van der Waals surface area contributed by atoms with Gasteiger partial charge >= 0.3 is 5.97 Å². The van der Waals surface area contributed by atoms with Crippen molar-refractivity contribution in [1.29, 1.82) is 0 Å². The Balaban J connectivity index is 4.49. The number of hydrogen-bond acceptors (Lipinski definition) is 4. The Bertz CT molecular complexity index is 289. The Morgan fingerprint density at radius 3 is 2.12 bits per heavy atom. The molecule has 0 radical (unpaired) electrons. The predicted octanol–water partition coefficient (Wildman–Crippen LogP) is -0.482. The summed E-state index contributed by atoms with van der Waals surface area (Å²) in [7, 11) is 1.46. The van der Waals surface area contributed by atoms with Crippen molar-refractivity contribution in [2.75, 3.05) is 13.7 Å². The summed E-state index contributed by atoms with van der Waals surface area (Å²) in [6, 6.07) is -0.692. The number of nitrogens with zero attached hydrogens (tertiary/aromatic N) is 1. The number of nitrogens with two attached hydrogens (primary N) is 1. The minimum atomic E-state index is -0.692. The van der Waals surface area contributed by atoms with Crippen LogP contribution in [0, 0.1) is 5.92 Å². The smallest absolute Gasteiger partial charge is 0.303 e. The van der Waals surface area contributed by atoms with Crippen LogP contribution in [0.15, 0.2) is 0 Å². The van der Waals surface area contributed by atoms with E-state index < -0.39 is 23.8 Å². The maximum Gasteiger partial charge on any atom is 0.303 e. The van der Waals surface area contributed by atoms with Crippen LogP contribution >= 0.6 is 0 Å². The molecule has 0 aromatic rings. The second kappa shape index (κ2) is 6.09. The highest BCUT2D eigenvalue weighted by atomic mass is 16.5. The van der Waals surface area contributed by atoms with Crippen LogP contribution in [0.25, 0.3) is 0 Å². The SMILES string of the molecule is CC(=O)OCC(=O)N(C)[C@H](C(N)=O)C(C)C. The first kappa shape index (κ1) is 14.4. The van der Waals surface area contributed by atoms with E-state index in [-0.39, 0.29) is 12.5 Å². The molecule has 6 nitrogen and oxygen atoms in total. The minimum absolute atomic E-state index is 0.0937. The van der Waals surface area contributed by atoms with Crippen molar-refractivity contribution in [2.45, 2.75) is 26.8 Å². The fraction of sp³-hybridized carbons (Fsp3) is 0.700. The molecule has 0 saturated heterocycles. The Morgan fingerprint density at radius 2 is 1.81 bits per heavy atom. The molecule has 92 valence electrons. The molecule has 16 heavy (non-hydrogen) atoms. The molecular formula is C10H18N2O4. The average Bonchev–Trinajstić information content (AvgIpc) is 2.12. The summed E-state index contributed by atoms with van der Waals surface area (Å²) < 4.78 is 4.55. The second-order valence-electron chi connectivity index (χ2n) is 3.88. The summed E-state index contributed by atoms with van der Waals surface area (Å²) in [5.41, 5.74) is 5.19. The van der Waals surface area contributed by atoms with Gasteiger partial charge in [-0.2, -0.15) is 0 Å². The molecule has 2 N–H and O–H groups in total. The minimum Gasteiger partial charge on any atom is -0.456 e. The molecular weight excluding hydrogens is 212 g/mol. The van der Waals surface area contributed by atoms with Crippen LogP contribution in [-0.4, -0.2) is 42.4 Å². The van der Waals surface area contributed by atoms with Gasteiger partial charge in [-0.3, -0.25) is 14.4 Å². The van der Waals surface area contributed by atoms with Gasteiger partial charge in [-0.05, 0) is 5.92 Å². The molecule has 0 aliphatic rings. The highest BCUT2D eigenvalue weighted by Crippen LogP contribution is 2.08. The maximum absolute atomic E-state index is 11.5. The van der Waals surface area contributed by atoms with Crippen molar-refractivity contribution in [1.82, 2.24) is 4.90 Å². The Morgan fingerprint density at radius 1 is 1.31 bits per heavy atom. The number of esters is 1. The number of hydrogen-bond donors (Lipinski definition) is 1. The van der Waals surface area contributed by atoms with Gasteiger partial charge in [-0.25, -0.2) is 0 Å². The van der Waals surface area contributed by atoms with Crippen molar-refractivity contribution in [2.24, 2.45) is 11.7 Å². The van der Waals surface area contributed by atoms with Crippen LogP contribution in [0.5, 0.6) is 0 Å². The second-order valence-corrected chi connectivity index (χ2v) is 3.88. The van der Waals surface area contributed by atoms with Gasteiger partial charge < -0.3 is 15.4 Å². The zero-order valence-corrected chi connectivity index (χ0v) is 10.0. The lowest BCUT2D eigenvalue weighted by Crippen LogP contribution is -2.49. The molecule has 1 atom stereocenters. The van der Waals surface area contributed by atoms with E-state index in [0.717, 1.165) is 0 Å². The molecule has 0 heterocycles. The van der Waals surface area contributed by atoms with Gasteiger partial charge in [0.2, 0.25) is 5.91 Å². The van der Waals surface area contributed by atoms with E-state index >= 15 is 0 Å². The molecule has 2 amide bonds. The first-order valence-corrected chi connectivity index (χ1v) is 4.95. The van der Waals surface area contributed by atoms with E-state index in [1.165, 1.54) is 18.9 Å². The third kappa shape index (κ3) is 4.29. The quantitative estimate of drug-likeness (QED) is 0.646. The zero-order valence-electron chi connectivity index (χ0n) is 10.0.